The Morgan fingerprint density at radius 3 is 1.39 bits per heavy atom. The molecule has 0 aliphatic rings. The first-order valence-electron chi connectivity index (χ1n) is 10.2. The van der Waals surface area contributed by atoms with Gasteiger partial charge in [-0.1, -0.05) is 0 Å². The van der Waals surface area contributed by atoms with Crippen LogP contribution < -0.4 is 20.9 Å². The summed E-state index contributed by atoms with van der Waals surface area (Å²) in [6, 6.07) is 6.99. The number of carboxylic acid groups (broad SMARTS) is 2. The number of rotatable bonds is 6. The van der Waals surface area contributed by atoms with E-state index in [0.717, 1.165) is 11.1 Å². The number of ether oxygens (including phenoxy) is 2. The van der Waals surface area contributed by atoms with Crippen LogP contribution in [0.2, 0.25) is 0 Å². The van der Waals surface area contributed by atoms with Gasteiger partial charge in [0.05, 0.1) is 36.2 Å². The molecule has 14 nitrogen and oxygen atoms in total. The maximum absolute atomic E-state index is 9.10. The lowest BCUT2D eigenvalue weighted by molar-refractivity contribution is -0.159. The summed E-state index contributed by atoms with van der Waals surface area (Å²) in [6.07, 6.45) is 10.5. The molecule has 6 N–H and O–H groups in total. The van der Waals surface area contributed by atoms with Gasteiger partial charge in [0.15, 0.2) is 0 Å². The fraction of sp³-hybridized carbons (Fsp3) is 0.182. The van der Waals surface area contributed by atoms with Crippen LogP contribution in [-0.2, 0) is 36.9 Å². The average molecular weight is 499 g/mol. The summed E-state index contributed by atoms with van der Waals surface area (Å²) >= 11 is 0. The van der Waals surface area contributed by atoms with Crippen molar-refractivity contribution in [1.29, 1.82) is 0 Å². The zero-order valence-electron chi connectivity index (χ0n) is 19.6. The van der Waals surface area contributed by atoms with E-state index < -0.39 is 11.9 Å². The summed E-state index contributed by atoms with van der Waals surface area (Å²) in [6.45, 7) is 0.926. The number of nitrogens with two attached hydrogens (primary N) is 2. The molecule has 36 heavy (non-hydrogen) atoms. The van der Waals surface area contributed by atoms with Gasteiger partial charge >= 0.3 is 11.9 Å². The maximum atomic E-state index is 9.10. The van der Waals surface area contributed by atoms with Gasteiger partial charge < -0.3 is 31.2 Å². The lowest BCUT2D eigenvalue weighted by Gasteiger charge is -2.02. The molecule has 0 bridgehead atoms. The Hall–Kier alpha value is -5.14. The minimum atomic E-state index is -1.82. The smallest absolute Gasteiger partial charge is 0.414 e. The van der Waals surface area contributed by atoms with Crippen molar-refractivity contribution < 1.29 is 29.3 Å². The minimum Gasteiger partial charge on any atom is -0.473 e. The number of carbonyl (C=O) groups is 2. The number of anilines is 2. The van der Waals surface area contributed by atoms with Gasteiger partial charge in [0.1, 0.15) is 13.2 Å². The highest BCUT2D eigenvalue weighted by Crippen LogP contribution is 2.11. The number of pyridine rings is 2. The minimum absolute atomic E-state index is 0.463. The summed E-state index contributed by atoms with van der Waals surface area (Å²) in [5.74, 6) is -2.52. The van der Waals surface area contributed by atoms with E-state index in [2.05, 4.69) is 20.2 Å². The van der Waals surface area contributed by atoms with Crippen LogP contribution in [0.3, 0.4) is 0 Å². The van der Waals surface area contributed by atoms with E-state index in [1.54, 1.807) is 58.4 Å². The van der Waals surface area contributed by atoms with Gasteiger partial charge in [-0.15, -0.1) is 0 Å². The fourth-order valence-electron chi connectivity index (χ4n) is 2.36. The third-order valence-corrected chi connectivity index (χ3v) is 3.99. The van der Waals surface area contributed by atoms with E-state index in [9.17, 15) is 0 Å². The highest BCUT2D eigenvalue weighted by molar-refractivity contribution is 6.27. The Morgan fingerprint density at radius 2 is 1.14 bits per heavy atom. The van der Waals surface area contributed by atoms with Crippen LogP contribution in [0.15, 0.2) is 61.4 Å². The third kappa shape index (κ3) is 10.2. The van der Waals surface area contributed by atoms with Gasteiger partial charge in [-0.3, -0.25) is 9.36 Å². The average Bonchev–Trinajstić information content (AvgIpc) is 3.46. The number of aliphatic carboxylic acids is 2. The van der Waals surface area contributed by atoms with Crippen LogP contribution in [0.25, 0.3) is 0 Å². The van der Waals surface area contributed by atoms with Gasteiger partial charge in [0.2, 0.25) is 11.8 Å². The number of aromatic nitrogens is 6. The molecule has 0 spiro atoms. The lowest BCUT2D eigenvalue weighted by atomic mass is 10.4. The molecule has 190 valence electrons. The van der Waals surface area contributed by atoms with E-state index in [-0.39, 0.29) is 0 Å². The third-order valence-electron chi connectivity index (χ3n) is 3.99. The molecule has 4 aromatic rings. The molecule has 0 aliphatic heterocycles. The molecule has 0 aromatic carbocycles. The molecule has 14 heteroatoms. The van der Waals surface area contributed by atoms with E-state index in [1.165, 1.54) is 0 Å². The van der Waals surface area contributed by atoms with Crippen molar-refractivity contribution in [3.63, 3.8) is 0 Å². The standard InChI is InChI=1S/2C10H12N4O.C2H2O4/c2*1-14-6-8(4-13-14)7-15-10-3-2-9(11)5-12-10;3-1(4)2(5)6/h2*2-6H,7,11H2,1H3;(H,3,4)(H,5,6). The first-order valence-corrected chi connectivity index (χ1v) is 10.2. The number of hydrogen-bond acceptors (Lipinski definition) is 10. The Bertz CT molecular complexity index is 1140. The van der Waals surface area contributed by atoms with Crippen LogP contribution in [0.5, 0.6) is 11.8 Å². The quantitative estimate of drug-likeness (QED) is 0.276. The van der Waals surface area contributed by atoms with Crippen LogP contribution in [0.1, 0.15) is 11.1 Å². The molecule has 0 atom stereocenters. The fourth-order valence-corrected chi connectivity index (χ4v) is 2.36. The van der Waals surface area contributed by atoms with E-state index in [0.29, 0.717) is 36.3 Å². The predicted molar refractivity (Wildman–Crippen MR) is 128 cm³/mol. The monoisotopic (exact) mass is 498 g/mol. The van der Waals surface area contributed by atoms with Crippen molar-refractivity contribution in [2.24, 2.45) is 14.1 Å². The Labute approximate surface area is 205 Å². The molecule has 4 heterocycles. The van der Waals surface area contributed by atoms with Crippen molar-refractivity contribution in [3.05, 3.63) is 72.6 Å². The molecule has 4 rings (SSSR count). The second kappa shape index (κ2) is 13.5. The van der Waals surface area contributed by atoms with Crippen molar-refractivity contribution in [3.8, 4) is 11.8 Å². The van der Waals surface area contributed by atoms with Crippen molar-refractivity contribution >= 4 is 23.3 Å². The number of nitrogens with zero attached hydrogens (tertiary/aromatic N) is 6. The van der Waals surface area contributed by atoms with Gasteiger partial charge in [0, 0.05) is 49.7 Å². The SMILES string of the molecule is Cn1cc(COc2ccc(N)cn2)cn1.Cn1cc(COc2ccc(N)cn2)cn1.O=C(O)C(=O)O. The number of carboxylic acids is 2. The molecule has 0 saturated carbocycles. The number of nitrogen functional groups attached to an aromatic ring is 2. The van der Waals surface area contributed by atoms with Crippen LogP contribution in [-0.4, -0.2) is 51.7 Å². The highest BCUT2D eigenvalue weighted by Gasteiger charge is 2.04. The van der Waals surface area contributed by atoms with E-state index >= 15 is 0 Å². The number of aryl methyl sites for hydroxylation is 2. The van der Waals surface area contributed by atoms with Crippen molar-refractivity contribution in [1.82, 2.24) is 29.5 Å². The van der Waals surface area contributed by atoms with Crippen LogP contribution in [0.4, 0.5) is 11.4 Å². The summed E-state index contributed by atoms with van der Waals surface area (Å²) in [7, 11) is 3.73. The Morgan fingerprint density at radius 1 is 0.750 bits per heavy atom. The predicted octanol–water partition coefficient (Wildman–Crippen LogP) is 1.11. The maximum Gasteiger partial charge on any atom is 0.414 e. The van der Waals surface area contributed by atoms with Gasteiger partial charge in [-0.2, -0.15) is 10.2 Å². The lowest BCUT2D eigenvalue weighted by Crippen LogP contribution is -2.09. The molecular formula is C22H26N8O6. The Balaban J connectivity index is 0.000000208. The second-order valence-electron chi connectivity index (χ2n) is 7.09. The second-order valence-corrected chi connectivity index (χ2v) is 7.09. The van der Waals surface area contributed by atoms with Crippen molar-refractivity contribution in [2.75, 3.05) is 11.5 Å². The normalized spacial score (nSPS) is 9.72. The zero-order chi connectivity index (χ0) is 26.5. The van der Waals surface area contributed by atoms with Crippen molar-refractivity contribution in [2.45, 2.75) is 13.2 Å². The zero-order valence-corrected chi connectivity index (χ0v) is 19.6. The molecule has 0 unspecified atom stereocenters. The highest BCUT2D eigenvalue weighted by atomic mass is 16.5. The van der Waals surface area contributed by atoms with Gasteiger partial charge in [-0.05, 0) is 12.1 Å². The first kappa shape index (κ1) is 27.1. The van der Waals surface area contributed by atoms with Gasteiger partial charge in [-0.25, -0.2) is 19.6 Å². The molecule has 0 aliphatic carbocycles. The summed E-state index contributed by atoms with van der Waals surface area (Å²) in [5, 5.41) is 22.9. The topological polar surface area (TPSA) is 207 Å². The van der Waals surface area contributed by atoms with E-state index in [1.807, 2.05) is 26.5 Å². The molecular weight excluding hydrogens is 472 g/mol. The summed E-state index contributed by atoms with van der Waals surface area (Å²) < 4.78 is 14.3. The largest absolute Gasteiger partial charge is 0.473 e. The Kier molecular flexibility index (Phi) is 10.2. The molecule has 0 fully saturated rings. The number of hydrogen-bond donors (Lipinski definition) is 4. The van der Waals surface area contributed by atoms with E-state index in [4.69, 9.17) is 40.7 Å². The van der Waals surface area contributed by atoms with Crippen LogP contribution in [0, 0.1) is 0 Å². The molecule has 0 radical (unpaired) electrons. The summed E-state index contributed by atoms with van der Waals surface area (Å²) in [4.78, 5) is 26.3. The summed E-state index contributed by atoms with van der Waals surface area (Å²) in [5.41, 5.74) is 14.3. The molecule has 0 amide bonds. The first-order chi connectivity index (χ1) is 17.1. The van der Waals surface area contributed by atoms with Gasteiger partial charge in [0.25, 0.3) is 0 Å². The molecule has 4 aromatic heterocycles. The molecule has 0 saturated heterocycles. The van der Waals surface area contributed by atoms with Crippen LogP contribution >= 0.6 is 0 Å².